The van der Waals surface area contributed by atoms with Crippen LogP contribution in [-0.2, 0) is 38.9 Å². The van der Waals surface area contributed by atoms with Gasteiger partial charge in [0.1, 0.15) is 0 Å². The van der Waals surface area contributed by atoms with Crippen LogP contribution < -0.4 is 24.8 Å². The maximum Gasteiger partial charge on any atom is -1.00 e. The van der Waals surface area contributed by atoms with Crippen molar-refractivity contribution in [3.05, 3.63) is 62.8 Å². The fourth-order valence-corrected chi connectivity index (χ4v) is 15.8. The molecule has 0 amide bonds. The van der Waals surface area contributed by atoms with Crippen molar-refractivity contribution in [1.82, 2.24) is 0 Å². The van der Waals surface area contributed by atoms with Gasteiger partial charge in [-0.1, -0.05) is 0 Å². The molecule has 162 valence electrons. The number of allylic oxidation sites excluding steroid dienone is 5. The Morgan fingerprint density at radius 2 is 1.43 bits per heavy atom. The standard InChI is InChI=1S/C17H21.C10H15.2ClH.Hf/c1-17(2,3)11-15-8-7-14-9-12-5-4-6-13(12)10-16(14)15;1-6-7(2)9(4)10(5)8(6)3;;;/h7-10H,4-6,11H2,1-3H3;1-5H3;2*1H;/q;;;;+2/p-2. The first-order valence-corrected chi connectivity index (χ1v) is 14.6. The average Bonchev–Trinajstić information content (AvgIpc) is 3.23. The molecule has 0 heterocycles. The molecule has 0 saturated carbocycles. The molecule has 3 aliphatic carbocycles. The van der Waals surface area contributed by atoms with Crippen LogP contribution in [0.15, 0.2) is 40.5 Å². The number of hydrogen-bond donors (Lipinski definition) is 0. The van der Waals surface area contributed by atoms with Crippen LogP contribution in [0.5, 0.6) is 0 Å². The third kappa shape index (κ3) is 4.13. The van der Waals surface area contributed by atoms with E-state index in [1.165, 1.54) is 31.2 Å². The van der Waals surface area contributed by atoms with E-state index in [2.05, 4.69) is 79.7 Å². The molecule has 0 nitrogen and oxygen atoms in total. The van der Waals surface area contributed by atoms with Gasteiger partial charge in [0.2, 0.25) is 0 Å². The second kappa shape index (κ2) is 8.68. The molecule has 1 unspecified atom stereocenters. The van der Waals surface area contributed by atoms with Crippen LogP contribution in [0.3, 0.4) is 0 Å². The summed E-state index contributed by atoms with van der Waals surface area (Å²) in [7, 11) is 0. The van der Waals surface area contributed by atoms with Crippen molar-refractivity contribution in [2.75, 3.05) is 0 Å². The number of aryl methyl sites for hydroxylation is 2. The summed E-state index contributed by atoms with van der Waals surface area (Å²) in [6.45, 7) is 19.5. The molecule has 4 rings (SSSR count). The van der Waals surface area contributed by atoms with Gasteiger partial charge >= 0.3 is 185 Å². The molecule has 0 N–H and O–H groups in total. The van der Waals surface area contributed by atoms with Crippen LogP contribution in [0.4, 0.5) is 0 Å². The zero-order valence-corrected chi connectivity index (χ0v) is 25.0. The van der Waals surface area contributed by atoms with Crippen LogP contribution in [0.2, 0.25) is 3.17 Å². The second-order valence-electron chi connectivity index (χ2n) is 10.9. The molecule has 0 spiro atoms. The number of hydrogen-bond acceptors (Lipinski definition) is 0. The predicted molar refractivity (Wildman–Crippen MR) is 118 cm³/mol. The minimum absolute atomic E-state index is 0. The third-order valence-electron chi connectivity index (χ3n) is 7.76. The molecule has 3 heteroatoms. The van der Waals surface area contributed by atoms with Crippen molar-refractivity contribution in [2.45, 2.75) is 87.4 Å². The van der Waals surface area contributed by atoms with Gasteiger partial charge in [-0.2, -0.15) is 0 Å². The molecule has 30 heavy (non-hydrogen) atoms. The summed E-state index contributed by atoms with van der Waals surface area (Å²) < 4.78 is 0.678. The Morgan fingerprint density at radius 1 is 0.900 bits per heavy atom. The van der Waals surface area contributed by atoms with E-state index in [1.807, 2.05) is 0 Å². The first kappa shape index (κ1) is 26.1. The van der Waals surface area contributed by atoms with Crippen LogP contribution in [0.1, 0.15) is 90.5 Å². The molecular formula is C27H36Cl2Hf. The topological polar surface area (TPSA) is 0 Å². The van der Waals surface area contributed by atoms with E-state index in [-0.39, 0.29) is 24.8 Å². The smallest absolute Gasteiger partial charge is 1.00 e. The Hall–Kier alpha value is -0.110. The summed E-state index contributed by atoms with van der Waals surface area (Å²) >= 11 is -1.18. The number of fused-ring (bicyclic) bond motifs is 2. The summed E-state index contributed by atoms with van der Waals surface area (Å²) in [5.41, 5.74) is 13.3. The van der Waals surface area contributed by atoms with E-state index in [0.717, 1.165) is 0 Å². The molecular weight excluding hydrogens is 574 g/mol. The molecule has 0 radical (unpaired) electrons. The zero-order chi connectivity index (χ0) is 20.5. The SMILES string of the molecule is CC1=C(C)[C](C)([Hf+2][C]2(CC(C)(C)C)C=Cc3cc4c(cc32)CCC4)C(C)=C1C.[Cl-].[Cl-]. The van der Waals surface area contributed by atoms with E-state index in [4.69, 9.17) is 0 Å². The van der Waals surface area contributed by atoms with Crippen LogP contribution in [0.25, 0.3) is 6.08 Å². The molecule has 0 bridgehead atoms. The summed E-state index contributed by atoms with van der Waals surface area (Å²) in [5, 5.41) is 0. The Kier molecular flexibility index (Phi) is 7.56. The molecule has 1 aromatic rings. The van der Waals surface area contributed by atoms with Crippen LogP contribution in [-0.4, -0.2) is 0 Å². The average molecular weight is 610 g/mol. The van der Waals surface area contributed by atoms with Crippen molar-refractivity contribution in [3.63, 3.8) is 0 Å². The quantitative estimate of drug-likeness (QED) is 0.459. The first-order valence-electron chi connectivity index (χ1n) is 11.0. The Balaban J connectivity index is 0.00000160. The largest absolute Gasteiger partial charge is 1.00 e. The monoisotopic (exact) mass is 610 g/mol. The number of benzene rings is 1. The van der Waals surface area contributed by atoms with Gasteiger partial charge in [0.15, 0.2) is 0 Å². The molecule has 0 aliphatic heterocycles. The zero-order valence-electron chi connectivity index (χ0n) is 19.9. The van der Waals surface area contributed by atoms with Crippen molar-refractivity contribution in [2.24, 2.45) is 5.41 Å². The normalized spacial score (nSPS) is 23.7. The summed E-state index contributed by atoms with van der Waals surface area (Å²) in [4.78, 5) is 0. The minimum Gasteiger partial charge on any atom is -1.00 e. The Labute approximate surface area is 208 Å². The van der Waals surface area contributed by atoms with Gasteiger partial charge < -0.3 is 24.8 Å². The molecule has 3 aliphatic rings. The minimum atomic E-state index is -1.18. The van der Waals surface area contributed by atoms with Gasteiger partial charge in [0.25, 0.3) is 0 Å². The fraction of sp³-hybridized carbons (Fsp3) is 0.556. The van der Waals surface area contributed by atoms with Gasteiger partial charge in [0.05, 0.1) is 0 Å². The Bertz CT molecular complexity index is 918. The Morgan fingerprint density at radius 3 is 1.97 bits per heavy atom. The van der Waals surface area contributed by atoms with Crippen molar-refractivity contribution >= 4 is 6.08 Å². The number of halogens is 2. The molecule has 1 atom stereocenters. The summed E-state index contributed by atoms with van der Waals surface area (Å²) in [6.07, 6.45) is 10.4. The van der Waals surface area contributed by atoms with Gasteiger partial charge in [-0.3, -0.25) is 0 Å². The van der Waals surface area contributed by atoms with Crippen LogP contribution in [0, 0.1) is 5.41 Å². The first-order chi connectivity index (χ1) is 13.0. The van der Waals surface area contributed by atoms with E-state index >= 15 is 0 Å². The fourth-order valence-electron chi connectivity index (χ4n) is 5.86. The van der Waals surface area contributed by atoms with Crippen molar-refractivity contribution < 1.29 is 47.7 Å². The van der Waals surface area contributed by atoms with E-state index in [0.29, 0.717) is 11.8 Å². The second-order valence-corrected chi connectivity index (χ2v) is 18.6. The predicted octanol–water partition coefficient (Wildman–Crippen LogP) is 1.79. The van der Waals surface area contributed by atoms with Crippen LogP contribution >= 0.6 is 0 Å². The maximum absolute atomic E-state index is 2.66. The molecule has 1 aromatic carbocycles. The maximum atomic E-state index is 2.66. The third-order valence-corrected chi connectivity index (χ3v) is 16.1. The number of rotatable bonds is 3. The summed E-state index contributed by atoms with van der Waals surface area (Å²) in [5.74, 6) is 0. The summed E-state index contributed by atoms with van der Waals surface area (Å²) in [6, 6.07) is 5.19. The van der Waals surface area contributed by atoms with E-state index in [9.17, 15) is 0 Å². The molecule has 0 saturated heterocycles. The van der Waals surface area contributed by atoms with Crippen molar-refractivity contribution in [3.8, 4) is 0 Å². The van der Waals surface area contributed by atoms with E-state index in [1.54, 1.807) is 39.0 Å². The molecule has 0 fully saturated rings. The van der Waals surface area contributed by atoms with Gasteiger partial charge in [0, 0.05) is 0 Å². The molecule has 0 aromatic heterocycles. The van der Waals surface area contributed by atoms with Gasteiger partial charge in [-0.15, -0.1) is 0 Å². The van der Waals surface area contributed by atoms with Gasteiger partial charge in [-0.25, -0.2) is 0 Å². The van der Waals surface area contributed by atoms with E-state index < -0.39 is 22.9 Å². The van der Waals surface area contributed by atoms with Gasteiger partial charge in [-0.05, 0) is 0 Å². The van der Waals surface area contributed by atoms with Crippen molar-refractivity contribution in [1.29, 1.82) is 0 Å².